The monoisotopic (exact) mass is 490 g/mol. The quantitative estimate of drug-likeness (QED) is 0.400. The normalized spacial score (nSPS) is 12.7. The minimum atomic E-state index is -1.18. The highest BCUT2D eigenvalue weighted by Crippen LogP contribution is 2.29. The van der Waals surface area contributed by atoms with Crippen molar-refractivity contribution in [3.63, 3.8) is 0 Å². The van der Waals surface area contributed by atoms with Crippen molar-refractivity contribution >= 4 is 46.6 Å². The van der Waals surface area contributed by atoms with E-state index < -0.39 is 30.4 Å². The van der Waals surface area contributed by atoms with E-state index in [9.17, 15) is 24.0 Å². The van der Waals surface area contributed by atoms with E-state index in [-0.39, 0.29) is 28.4 Å². The van der Waals surface area contributed by atoms with Crippen LogP contribution in [0.25, 0.3) is 0 Å². The number of benzene rings is 3. The average molecular weight is 491 g/mol. The van der Waals surface area contributed by atoms with Crippen molar-refractivity contribution in [2.75, 3.05) is 11.9 Å². The van der Waals surface area contributed by atoms with E-state index in [0.29, 0.717) is 21.7 Å². The fourth-order valence-electron chi connectivity index (χ4n) is 3.57. The lowest BCUT2D eigenvalue weighted by atomic mass is 9.84. The molecule has 0 bridgehead atoms. The molecule has 176 valence electrons. The van der Waals surface area contributed by atoms with Gasteiger partial charge in [-0.25, -0.2) is 0 Å². The largest absolute Gasteiger partial charge is 0.451 e. The smallest absolute Gasteiger partial charge is 0.326 e. The SMILES string of the molecule is CC(OC(=O)CNC(=O)c1ccc(Cl)cc1)C(=O)Nc1ccc2c(c1)C(=O)c1ccccc1C2=O. The van der Waals surface area contributed by atoms with Crippen LogP contribution in [0.4, 0.5) is 5.69 Å². The van der Waals surface area contributed by atoms with Crippen LogP contribution in [0.1, 0.15) is 49.1 Å². The van der Waals surface area contributed by atoms with Crippen LogP contribution in [0.2, 0.25) is 5.02 Å². The van der Waals surface area contributed by atoms with Gasteiger partial charge in [0.1, 0.15) is 6.54 Å². The van der Waals surface area contributed by atoms with Crippen molar-refractivity contribution in [2.45, 2.75) is 13.0 Å². The minimum Gasteiger partial charge on any atom is -0.451 e. The van der Waals surface area contributed by atoms with E-state index in [1.165, 1.54) is 37.3 Å². The van der Waals surface area contributed by atoms with E-state index in [0.717, 1.165) is 0 Å². The summed E-state index contributed by atoms with van der Waals surface area (Å²) in [6.45, 7) is 0.936. The molecule has 1 aliphatic carbocycles. The summed E-state index contributed by atoms with van der Waals surface area (Å²) in [6, 6.07) is 17.0. The summed E-state index contributed by atoms with van der Waals surface area (Å²) in [6.07, 6.45) is -1.18. The predicted octanol–water partition coefficient (Wildman–Crippen LogP) is 3.42. The van der Waals surface area contributed by atoms with Crippen LogP contribution in [-0.2, 0) is 14.3 Å². The lowest BCUT2D eigenvalue weighted by molar-refractivity contribution is -0.152. The van der Waals surface area contributed by atoms with Crippen molar-refractivity contribution in [2.24, 2.45) is 0 Å². The Labute approximate surface area is 205 Å². The zero-order chi connectivity index (χ0) is 25.1. The van der Waals surface area contributed by atoms with Crippen LogP contribution in [0, 0.1) is 0 Å². The molecule has 0 radical (unpaired) electrons. The molecule has 2 amide bonds. The van der Waals surface area contributed by atoms with Gasteiger partial charge in [0.05, 0.1) is 0 Å². The Morgan fingerprint density at radius 2 is 1.46 bits per heavy atom. The number of hydrogen-bond donors (Lipinski definition) is 2. The predicted molar refractivity (Wildman–Crippen MR) is 128 cm³/mol. The van der Waals surface area contributed by atoms with Gasteiger partial charge in [-0.2, -0.15) is 0 Å². The zero-order valence-corrected chi connectivity index (χ0v) is 19.2. The number of fused-ring (bicyclic) bond motifs is 2. The van der Waals surface area contributed by atoms with Gasteiger partial charge in [0.25, 0.3) is 11.8 Å². The lowest BCUT2D eigenvalue weighted by Crippen LogP contribution is -2.35. The summed E-state index contributed by atoms with van der Waals surface area (Å²) >= 11 is 5.78. The van der Waals surface area contributed by atoms with Gasteiger partial charge < -0.3 is 15.4 Å². The molecule has 0 aliphatic heterocycles. The second kappa shape index (κ2) is 9.90. The molecule has 0 heterocycles. The van der Waals surface area contributed by atoms with Crippen LogP contribution in [0.5, 0.6) is 0 Å². The summed E-state index contributed by atoms with van der Waals surface area (Å²) < 4.78 is 5.08. The van der Waals surface area contributed by atoms with Gasteiger partial charge in [0, 0.05) is 38.5 Å². The maximum atomic E-state index is 12.8. The third-order valence-electron chi connectivity index (χ3n) is 5.37. The maximum absolute atomic E-state index is 12.8. The third-order valence-corrected chi connectivity index (χ3v) is 5.62. The van der Waals surface area contributed by atoms with E-state index >= 15 is 0 Å². The summed E-state index contributed by atoms with van der Waals surface area (Å²) in [5.41, 5.74) is 1.66. The number of ketones is 2. The standard InChI is InChI=1S/C26H19ClN2O6/c1-14(35-22(30)13-28-26(34)15-6-8-16(27)9-7-15)25(33)29-17-10-11-20-21(12-17)24(32)19-5-3-2-4-18(19)23(20)31/h2-12,14H,13H2,1H3,(H,28,34)(H,29,33). The van der Waals surface area contributed by atoms with Crippen LogP contribution < -0.4 is 10.6 Å². The van der Waals surface area contributed by atoms with Crippen LogP contribution in [0.15, 0.2) is 66.7 Å². The van der Waals surface area contributed by atoms with Crippen molar-refractivity contribution in [1.29, 1.82) is 0 Å². The van der Waals surface area contributed by atoms with E-state index in [2.05, 4.69) is 10.6 Å². The number of rotatable bonds is 6. The highest BCUT2D eigenvalue weighted by molar-refractivity contribution is 6.30. The molecular formula is C26H19ClN2O6. The first kappa shape index (κ1) is 23.8. The van der Waals surface area contributed by atoms with E-state index in [1.54, 1.807) is 36.4 Å². The number of carbonyl (C=O) groups excluding carboxylic acids is 5. The fourth-order valence-corrected chi connectivity index (χ4v) is 3.70. The van der Waals surface area contributed by atoms with Crippen molar-refractivity contribution in [3.8, 4) is 0 Å². The van der Waals surface area contributed by atoms with Gasteiger partial charge in [0.2, 0.25) is 0 Å². The Bertz CT molecular complexity index is 1370. The first-order valence-electron chi connectivity index (χ1n) is 10.6. The number of nitrogens with one attached hydrogen (secondary N) is 2. The van der Waals surface area contributed by atoms with E-state index in [1.807, 2.05) is 0 Å². The molecule has 1 unspecified atom stereocenters. The Morgan fingerprint density at radius 1 is 0.857 bits per heavy atom. The molecule has 35 heavy (non-hydrogen) atoms. The number of halogens is 1. The first-order chi connectivity index (χ1) is 16.7. The molecule has 1 atom stereocenters. The van der Waals surface area contributed by atoms with Gasteiger partial charge in [-0.1, -0.05) is 35.9 Å². The van der Waals surface area contributed by atoms with Gasteiger partial charge in [-0.15, -0.1) is 0 Å². The zero-order valence-electron chi connectivity index (χ0n) is 18.5. The highest BCUT2D eigenvalue weighted by atomic mass is 35.5. The molecule has 0 spiro atoms. The molecule has 0 aromatic heterocycles. The van der Waals surface area contributed by atoms with Crippen molar-refractivity contribution < 1.29 is 28.7 Å². The second-order valence-electron chi connectivity index (χ2n) is 7.78. The van der Waals surface area contributed by atoms with E-state index in [4.69, 9.17) is 16.3 Å². The van der Waals surface area contributed by atoms with Crippen LogP contribution in [0.3, 0.4) is 0 Å². The molecular weight excluding hydrogens is 472 g/mol. The Hall–Kier alpha value is -4.30. The van der Waals surface area contributed by atoms with Crippen molar-refractivity contribution in [1.82, 2.24) is 5.32 Å². The van der Waals surface area contributed by atoms with Crippen molar-refractivity contribution in [3.05, 3.63) is 99.6 Å². The fraction of sp³-hybridized carbons (Fsp3) is 0.115. The number of amides is 2. The molecule has 8 nitrogen and oxygen atoms in total. The summed E-state index contributed by atoms with van der Waals surface area (Å²) in [5.74, 6) is -2.53. The molecule has 3 aromatic rings. The number of anilines is 1. The lowest BCUT2D eigenvalue weighted by Gasteiger charge is -2.19. The Morgan fingerprint density at radius 3 is 2.11 bits per heavy atom. The molecule has 2 N–H and O–H groups in total. The van der Waals surface area contributed by atoms with Crippen LogP contribution >= 0.6 is 11.6 Å². The molecule has 3 aromatic carbocycles. The summed E-state index contributed by atoms with van der Waals surface area (Å²) in [5, 5.41) is 5.45. The molecule has 4 rings (SSSR count). The van der Waals surface area contributed by atoms with Crippen LogP contribution in [-0.4, -0.2) is 42.0 Å². The molecule has 0 saturated heterocycles. The van der Waals surface area contributed by atoms with Gasteiger partial charge in [0.15, 0.2) is 17.7 Å². The molecule has 0 fully saturated rings. The maximum Gasteiger partial charge on any atom is 0.326 e. The van der Waals surface area contributed by atoms with Gasteiger partial charge >= 0.3 is 5.97 Å². The topological polar surface area (TPSA) is 119 Å². The summed E-state index contributed by atoms with van der Waals surface area (Å²) in [7, 11) is 0. The first-order valence-corrected chi connectivity index (χ1v) is 11.0. The molecule has 1 aliphatic rings. The average Bonchev–Trinajstić information content (AvgIpc) is 2.86. The number of carbonyl (C=O) groups is 5. The Kier molecular flexibility index (Phi) is 6.75. The Balaban J connectivity index is 1.35. The highest BCUT2D eigenvalue weighted by Gasteiger charge is 2.29. The number of hydrogen-bond acceptors (Lipinski definition) is 6. The third kappa shape index (κ3) is 5.12. The second-order valence-corrected chi connectivity index (χ2v) is 8.21. The minimum absolute atomic E-state index is 0.182. The molecule has 0 saturated carbocycles. The number of esters is 1. The summed E-state index contributed by atoms with van der Waals surface area (Å²) in [4.78, 5) is 62.2. The molecule has 9 heteroatoms. The number of ether oxygens (including phenoxy) is 1. The van der Waals surface area contributed by atoms with Gasteiger partial charge in [-0.3, -0.25) is 24.0 Å². The van der Waals surface area contributed by atoms with Gasteiger partial charge in [-0.05, 0) is 49.4 Å².